The molecule has 0 aliphatic carbocycles. The van der Waals surface area contributed by atoms with Crippen LogP contribution in [0.25, 0.3) is 0 Å². The second-order valence-corrected chi connectivity index (χ2v) is 2.81. The molecule has 3 heteroatoms. The highest BCUT2D eigenvalue weighted by Gasteiger charge is 2.17. The van der Waals surface area contributed by atoms with E-state index in [2.05, 4.69) is 6.92 Å². The van der Waals surface area contributed by atoms with E-state index in [4.69, 9.17) is 9.47 Å². The molecule has 0 saturated carbocycles. The minimum Gasteiger partial charge on any atom is -0.346 e. The lowest BCUT2D eigenvalue weighted by Gasteiger charge is -2.14. The Morgan fingerprint density at radius 2 is 1.69 bits per heavy atom. The number of rotatable bonds is 8. The van der Waals surface area contributed by atoms with Gasteiger partial charge in [-0.15, -0.1) is 0 Å². The maximum atomic E-state index is 11.4. The van der Waals surface area contributed by atoms with Gasteiger partial charge in [0.15, 0.2) is 5.78 Å². The zero-order valence-corrected chi connectivity index (χ0v) is 8.84. The van der Waals surface area contributed by atoms with Gasteiger partial charge in [-0.2, -0.15) is 0 Å². The van der Waals surface area contributed by atoms with Crippen molar-refractivity contribution >= 4 is 5.78 Å². The molecule has 78 valence electrons. The van der Waals surface area contributed by atoms with E-state index in [1.165, 1.54) is 0 Å². The Bertz CT molecular complexity index is 128. The summed E-state index contributed by atoms with van der Waals surface area (Å²) >= 11 is 0. The number of carbonyl (C=O) groups is 1. The van der Waals surface area contributed by atoms with Gasteiger partial charge in [0.2, 0.25) is 6.29 Å². The molecule has 0 bridgehead atoms. The van der Waals surface area contributed by atoms with Gasteiger partial charge in [-0.1, -0.05) is 13.3 Å². The van der Waals surface area contributed by atoms with Crippen molar-refractivity contribution in [3.8, 4) is 0 Å². The van der Waals surface area contributed by atoms with Gasteiger partial charge in [0.1, 0.15) is 0 Å². The molecule has 0 fully saturated rings. The molecule has 0 amide bonds. The predicted molar refractivity (Wildman–Crippen MR) is 51.6 cm³/mol. The van der Waals surface area contributed by atoms with Crippen LogP contribution in [0.2, 0.25) is 0 Å². The average molecular weight is 188 g/mol. The molecule has 0 aromatic carbocycles. The zero-order chi connectivity index (χ0) is 10.1. The SMILES string of the molecule is CCCCC(=O)C(OCC)OCC. The maximum Gasteiger partial charge on any atom is 0.217 e. The largest absolute Gasteiger partial charge is 0.346 e. The Morgan fingerprint density at radius 3 is 2.08 bits per heavy atom. The first-order valence-electron chi connectivity index (χ1n) is 5.02. The Morgan fingerprint density at radius 1 is 1.15 bits per heavy atom. The van der Waals surface area contributed by atoms with Crippen LogP contribution in [0.3, 0.4) is 0 Å². The summed E-state index contributed by atoms with van der Waals surface area (Å²) in [6.45, 7) is 6.81. The normalized spacial score (nSPS) is 10.8. The van der Waals surface area contributed by atoms with Crippen LogP contribution in [-0.2, 0) is 14.3 Å². The lowest BCUT2D eigenvalue weighted by molar-refractivity contribution is -0.168. The third-order valence-electron chi connectivity index (χ3n) is 1.68. The summed E-state index contributed by atoms with van der Waals surface area (Å²) in [5.41, 5.74) is 0. The van der Waals surface area contributed by atoms with Crippen LogP contribution in [0.4, 0.5) is 0 Å². The lowest BCUT2D eigenvalue weighted by atomic mass is 10.2. The lowest BCUT2D eigenvalue weighted by Crippen LogP contribution is -2.27. The minimum absolute atomic E-state index is 0.0607. The first-order valence-corrected chi connectivity index (χ1v) is 5.02. The third kappa shape index (κ3) is 5.77. The van der Waals surface area contributed by atoms with Gasteiger partial charge in [-0.3, -0.25) is 4.79 Å². The monoisotopic (exact) mass is 188 g/mol. The van der Waals surface area contributed by atoms with Gasteiger partial charge < -0.3 is 9.47 Å². The predicted octanol–water partition coefficient (Wildman–Crippen LogP) is 2.14. The van der Waals surface area contributed by atoms with E-state index in [1.807, 2.05) is 13.8 Å². The number of Topliss-reactive ketones (excluding diaryl/α,β-unsaturated/α-hetero) is 1. The van der Waals surface area contributed by atoms with E-state index in [0.717, 1.165) is 12.8 Å². The standard InChI is InChI=1S/C10H20O3/c1-4-7-8-9(11)10(12-5-2)13-6-3/h10H,4-8H2,1-3H3. The van der Waals surface area contributed by atoms with Crippen LogP contribution in [0.15, 0.2) is 0 Å². The van der Waals surface area contributed by atoms with E-state index in [9.17, 15) is 4.79 Å². The van der Waals surface area contributed by atoms with E-state index in [0.29, 0.717) is 19.6 Å². The fourth-order valence-electron chi connectivity index (χ4n) is 1.01. The quantitative estimate of drug-likeness (QED) is 0.547. The van der Waals surface area contributed by atoms with E-state index in [1.54, 1.807) is 0 Å². The highest BCUT2D eigenvalue weighted by atomic mass is 16.7. The van der Waals surface area contributed by atoms with Crippen LogP contribution in [0, 0.1) is 0 Å². The highest BCUT2D eigenvalue weighted by molar-refractivity contribution is 5.81. The molecule has 0 aliphatic heterocycles. The second kappa shape index (κ2) is 8.20. The summed E-state index contributed by atoms with van der Waals surface area (Å²) in [6, 6.07) is 0. The number of ketones is 1. The first kappa shape index (κ1) is 12.6. The van der Waals surface area contributed by atoms with Crippen LogP contribution < -0.4 is 0 Å². The molecule has 0 spiro atoms. The van der Waals surface area contributed by atoms with Gasteiger partial charge in [0, 0.05) is 19.6 Å². The van der Waals surface area contributed by atoms with Crippen molar-refractivity contribution in [3.05, 3.63) is 0 Å². The molecular weight excluding hydrogens is 168 g/mol. The third-order valence-corrected chi connectivity index (χ3v) is 1.68. The van der Waals surface area contributed by atoms with Gasteiger partial charge in [0.25, 0.3) is 0 Å². The summed E-state index contributed by atoms with van der Waals surface area (Å²) in [7, 11) is 0. The zero-order valence-electron chi connectivity index (χ0n) is 8.84. The summed E-state index contributed by atoms with van der Waals surface area (Å²) in [5.74, 6) is 0.0607. The number of carbonyl (C=O) groups excluding carboxylic acids is 1. The molecular formula is C10H20O3. The number of unbranched alkanes of at least 4 members (excludes halogenated alkanes) is 1. The molecule has 0 aromatic heterocycles. The minimum atomic E-state index is -0.637. The number of hydrogen-bond donors (Lipinski definition) is 0. The van der Waals surface area contributed by atoms with Gasteiger partial charge in [-0.05, 0) is 20.3 Å². The summed E-state index contributed by atoms with van der Waals surface area (Å²) < 4.78 is 10.3. The van der Waals surface area contributed by atoms with Crippen LogP contribution >= 0.6 is 0 Å². The van der Waals surface area contributed by atoms with Gasteiger partial charge >= 0.3 is 0 Å². The fourth-order valence-corrected chi connectivity index (χ4v) is 1.01. The molecule has 3 nitrogen and oxygen atoms in total. The molecule has 0 unspecified atom stereocenters. The smallest absolute Gasteiger partial charge is 0.217 e. The molecule has 0 saturated heterocycles. The Hall–Kier alpha value is -0.410. The van der Waals surface area contributed by atoms with Gasteiger partial charge in [0.05, 0.1) is 0 Å². The topological polar surface area (TPSA) is 35.5 Å². The van der Waals surface area contributed by atoms with Crippen molar-refractivity contribution in [2.75, 3.05) is 13.2 Å². The second-order valence-electron chi connectivity index (χ2n) is 2.81. The molecule has 13 heavy (non-hydrogen) atoms. The molecule has 0 aliphatic rings. The van der Waals surface area contributed by atoms with Crippen molar-refractivity contribution in [2.24, 2.45) is 0 Å². The van der Waals surface area contributed by atoms with Crippen molar-refractivity contribution in [1.82, 2.24) is 0 Å². The number of ether oxygens (including phenoxy) is 2. The van der Waals surface area contributed by atoms with Crippen LogP contribution in [0.5, 0.6) is 0 Å². The maximum absolute atomic E-state index is 11.4. The van der Waals surface area contributed by atoms with E-state index in [-0.39, 0.29) is 5.78 Å². The van der Waals surface area contributed by atoms with E-state index < -0.39 is 6.29 Å². The summed E-state index contributed by atoms with van der Waals surface area (Å²) in [4.78, 5) is 11.4. The molecule has 0 radical (unpaired) electrons. The van der Waals surface area contributed by atoms with Crippen molar-refractivity contribution in [3.63, 3.8) is 0 Å². The van der Waals surface area contributed by atoms with Crippen LogP contribution in [-0.4, -0.2) is 25.3 Å². The van der Waals surface area contributed by atoms with Crippen molar-refractivity contribution < 1.29 is 14.3 Å². The first-order chi connectivity index (χ1) is 6.26. The van der Waals surface area contributed by atoms with E-state index >= 15 is 0 Å². The average Bonchev–Trinajstić information content (AvgIpc) is 2.14. The Balaban J connectivity index is 3.80. The number of hydrogen-bond acceptors (Lipinski definition) is 3. The Labute approximate surface area is 80.4 Å². The highest BCUT2D eigenvalue weighted by Crippen LogP contribution is 2.04. The van der Waals surface area contributed by atoms with Gasteiger partial charge in [-0.25, -0.2) is 0 Å². The molecule has 0 N–H and O–H groups in total. The molecule has 0 atom stereocenters. The molecule has 0 rings (SSSR count). The van der Waals surface area contributed by atoms with Crippen molar-refractivity contribution in [1.29, 1.82) is 0 Å². The fraction of sp³-hybridized carbons (Fsp3) is 0.900. The van der Waals surface area contributed by atoms with Crippen LogP contribution in [0.1, 0.15) is 40.0 Å². The Kier molecular flexibility index (Phi) is 7.94. The molecule has 0 heterocycles. The molecule has 0 aromatic rings. The summed E-state index contributed by atoms with van der Waals surface area (Å²) in [6.07, 6.45) is 1.86. The summed E-state index contributed by atoms with van der Waals surface area (Å²) in [5, 5.41) is 0. The van der Waals surface area contributed by atoms with Crippen molar-refractivity contribution in [2.45, 2.75) is 46.3 Å².